The normalized spacial score (nSPS) is 9.56. The number of carbonyl (C=O) groups is 1. The van der Waals surface area contributed by atoms with Gasteiger partial charge >= 0.3 is 6.09 Å². The highest BCUT2D eigenvalue weighted by molar-refractivity contribution is 5.76. The Morgan fingerprint density at radius 3 is 2.89 bits per heavy atom. The second-order valence-electron chi connectivity index (χ2n) is 1.17. The third kappa shape index (κ3) is 4.80. The smallest absolute Gasteiger partial charge is 0.436 e. The van der Waals surface area contributed by atoms with Crippen LogP contribution >= 0.6 is 0 Å². The molecule has 0 aromatic heterocycles. The predicted octanol–water partition coefficient (Wildman–Crippen LogP) is 0.818. The van der Waals surface area contributed by atoms with Gasteiger partial charge in [-0.05, 0) is 6.92 Å². The van der Waals surface area contributed by atoms with E-state index in [0.29, 0.717) is 6.61 Å². The zero-order valence-corrected chi connectivity index (χ0v) is 5.46. The van der Waals surface area contributed by atoms with Gasteiger partial charge in [0.25, 0.3) is 0 Å². The van der Waals surface area contributed by atoms with E-state index in [1.54, 1.807) is 6.92 Å². The zero-order chi connectivity index (χ0) is 7.11. The van der Waals surface area contributed by atoms with E-state index in [-0.39, 0.29) is 0 Å². The van der Waals surface area contributed by atoms with Gasteiger partial charge in [0.15, 0.2) is 6.40 Å². The van der Waals surface area contributed by atoms with Crippen molar-refractivity contribution in [1.82, 2.24) is 0 Å². The number of hydrogen-bond donors (Lipinski definition) is 0. The Balaban J connectivity index is 3.37. The predicted molar refractivity (Wildman–Crippen MR) is 32.5 cm³/mol. The second-order valence-corrected chi connectivity index (χ2v) is 1.17. The number of ether oxygens (including phenoxy) is 2. The Bertz CT molecular complexity index is 111. The average Bonchev–Trinajstić information content (AvgIpc) is 1.85. The van der Waals surface area contributed by atoms with Gasteiger partial charge in [-0.25, -0.2) is 4.79 Å². The van der Waals surface area contributed by atoms with Crippen LogP contribution in [0.5, 0.6) is 0 Å². The molecule has 0 aromatic carbocycles. The SMILES string of the molecule is CCOC(=O)N=COC. The molecule has 0 aliphatic rings. The maximum Gasteiger partial charge on any atom is 0.436 e. The Morgan fingerprint density at radius 2 is 2.44 bits per heavy atom. The average molecular weight is 131 g/mol. The molecule has 0 aromatic rings. The van der Waals surface area contributed by atoms with Crippen LogP contribution in [0.1, 0.15) is 6.92 Å². The molecule has 0 aliphatic carbocycles. The van der Waals surface area contributed by atoms with Gasteiger partial charge in [-0.1, -0.05) is 0 Å². The highest BCUT2D eigenvalue weighted by Gasteiger charge is 1.91. The van der Waals surface area contributed by atoms with E-state index in [2.05, 4.69) is 14.5 Å². The molecule has 1 amide bonds. The Hall–Kier alpha value is -1.06. The number of carbonyl (C=O) groups excluding carboxylic acids is 1. The summed E-state index contributed by atoms with van der Waals surface area (Å²) in [5.41, 5.74) is 0. The van der Waals surface area contributed by atoms with Crippen molar-refractivity contribution in [3.63, 3.8) is 0 Å². The molecule has 0 fully saturated rings. The maximum absolute atomic E-state index is 10.3. The van der Waals surface area contributed by atoms with E-state index in [1.807, 2.05) is 0 Å². The van der Waals surface area contributed by atoms with Crippen molar-refractivity contribution in [2.75, 3.05) is 13.7 Å². The number of nitrogens with zero attached hydrogens (tertiary/aromatic N) is 1. The number of amides is 1. The summed E-state index contributed by atoms with van der Waals surface area (Å²) >= 11 is 0. The first kappa shape index (κ1) is 7.94. The van der Waals surface area contributed by atoms with E-state index >= 15 is 0 Å². The summed E-state index contributed by atoms with van der Waals surface area (Å²) in [7, 11) is 1.41. The van der Waals surface area contributed by atoms with Gasteiger partial charge < -0.3 is 9.47 Å². The maximum atomic E-state index is 10.3. The monoisotopic (exact) mass is 131 g/mol. The fraction of sp³-hybridized carbons (Fsp3) is 0.600. The first-order valence-electron chi connectivity index (χ1n) is 2.53. The van der Waals surface area contributed by atoms with Crippen molar-refractivity contribution in [3.05, 3.63) is 0 Å². The zero-order valence-electron chi connectivity index (χ0n) is 5.46. The van der Waals surface area contributed by atoms with E-state index in [4.69, 9.17) is 0 Å². The van der Waals surface area contributed by atoms with Crippen LogP contribution in [-0.4, -0.2) is 26.2 Å². The molecule has 0 spiro atoms. The summed E-state index contributed by atoms with van der Waals surface area (Å²) in [5, 5.41) is 0. The summed E-state index contributed by atoms with van der Waals surface area (Å²) in [4.78, 5) is 13.5. The summed E-state index contributed by atoms with van der Waals surface area (Å²) in [6, 6.07) is 0. The molecule has 0 N–H and O–H groups in total. The molecule has 0 unspecified atom stereocenters. The van der Waals surface area contributed by atoms with Gasteiger partial charge in [0.05, 0.1) is 13.7 Å². The fourth-order valence-electron chi connectivity index (χ4n) is 0.256. The van der Waals surface area contributed by atoms with E-state index in [9.17, 15) is 4.79 Å². The Kier molecular flexibility index (Phi) is 4.49. The van der Waals surface area contributed by atoms with Crippen LogP contribution in [0.3, 0.4) is 0 Å². The lowest BCUT2D eigenvalue weighted by molar-refractivity contribution is 0.163. The van der Waals surface area contributed by atoms with Gasteiger partial charge in [0, 0.05) is 0 Å². The van der Waals surface area contributed by atoms with Gasteiger partial charge in [-0.2, -0.15) is 0 Å². The second kappa shape index (κ2) is 5.08. The van der Waals surface area contributed by atoms with E-state index in [1.165, 1.54) is 7.11 Å². The molecular formula is C5H9NO3. The van der Waals surface area contributed by atoms with Crippen molar-refractivity contribution in [1.29, 1.82) is 0 Å². The van der Waals surface area contributed by atoms with Crippen LogP contribution in [0.2, 0.25) is 0 Å². The lowest BCUT2D eigenvalue weighted by Crippen LogP contribution is -1.97. The number of hydrogen-bond acceptors (Lipinski definition) is 3. The topological polar surface area (TPSA) is 47.9 Å². The molecule has 0 bridgehead atoms. The standard InChI is InChI=1S/C5H9NO3/c1-3-9-5(7)6-4-8-2/h4H,3H2,1-2H3. The van der Waals surface area contributed by atoms with Crippen molar-refractivity contribution < 1.29 is 14.3 Å². The Labute approximate surface area is 53.5 Å². The third-order valence-corrected chi connectivity index (χ3v) is 0.531. The molecule has 0 rings (SSSR count). The van der Waals surface area contributed by atoms with Crippen molar-refractivity contribution in [3.8, 4) is 0 Å². The molecule has 0 heterocycles. The molecule has 4 heteroatoms. The highest BCUT2D eigenvalue weighted by Crippen LogP contribution is 1.80. The summed E-state index contributed by atoms with van der Waals surface area (Å²) in [6.45, 7) is 2.04. The van der Waals surface area contributed by atoms with Crippen LogP contribution in [0.25, 0.3) is 0 Å². The van der Waals surface area contributed by atoms with E-state index < -0.39 is 6.09 Å². The van der Waals surface area contributed by atoms with Gasteiger partial charge in [0.2, 0.25) is 0 Å². The largest absolute Gasteiger partial charge is 0.486 e. The summed E-state index contributed by atoms with van der Waals surface area (Å²) in [5.74, 6) is 0. The first-order valence-corrected chi connectivity index (χ1v) is 2.53. The first-order chi connectivity index (χ1) is 4.31. The number of rotatable bonds is 2. The fourth-order valence-corrected chi connectivity index (χ4v) is 0.256. The van der Waals surface area contributed by atoms with Crippen molar-refractivity contribution in [2.24, 2.45) is 4.99 Å². The molecule has 0 radical (unpaired) electrons. The molecule has 0 saturated heterocycles. The molecule has 9 heavy (non-hydrogen) atoms. The van der Waals surface area contributed by atoms with Crippen molar-refractivity contribution >= 4 is 12.5 Å². The molecule has 4 nitrogen and oxygen atoms in total. The van der Waals surface area contributed by atoms with Gasteiger partial charge in [-0.15, -0.1) is 4.99 Å². The van der Waals surface area contributed by atoms with Gasteiger partial charge in [-0.3, -0.25) is 0 Å². The van der Waals surface area contributed by atoms with E-state index in [0.717, 1.165) is 6.40 Å². The van der Waals surface area contributed by atoms with Crippen LogP contribution in [0.4, 0.5) is 4.79 Å². The summed E-state index contributed by atoms with van der Waals surface area (Å²) in [6.07, 6.45) is 0.400. The number of aliphatic imine (C=N–C) groups is 1. The summed E-state index contributed by atoms with van der Waals surface area (Å²) < 4.78 is 8.79. The minimum absolute atomic E-state index is 0.333. The molecule has 0 aliphatic heterocycles. The molecule has 0 atom stereocenters. The lowest BCUT2D eigenvalue weighted by Gasteiger charge is -1.91. The minimum Gasteiger partial charge on any atom is -0.486 e. The third-order valence-electron chi connectivity index (χ3n) is 0.531. The Morgan fingerprint density at radius 1 is 1.78 bits per heavy atom. The minimum atomic E-state index is -0.626. The van der Waals surface area contributed by atoms with Crippen LogP contribution < -0.4 is 0 Å². The van der Waals surface area contributed by atoms with Crippen LogP contribution in [-0.2, 0) is 9.47 Å². The lowest BCUT2D eigenvalue weighted by atomic mass is 10.9. The van der Waals surface area contributed by atoms with Crippen LogP contribution in [0.15, 0.2) is 4.99 Å². The van der Waals surface area contributed by atoms with Gasteiger partial charge in [0.1, 0.15) is 0 Å². The highest BCUT2D eigenvalue weighted by atomic mass is 16.5. The quantitative estimate of drug-likeness (QED) is 0.411. The molecule has 52 valence electrons. The molecule has 0 saturated carbocycles. The van der Waals surface area contributed by atoms with Crippen LogP contribution in [0, 0.1) is 0 Å². The molecular weight excluding hydrogens is 122 g/mol. The number of methoxy groups -OCH3 is 1. The van der Waals surface area contributed by atoms with Crippen molar-refractivity contribution in [2.45, 2.75) is 6.92 Å².